The van der Waals surface area contributed by atoms with Crippen molar-refractivity contribution >= 4 is 27.4 Å². The van der Waals surface area contributed by atoms with Crippen LogP contribution in [0.5, 0.6) is 0 Å². The van der Waals surface area contributed by atoms with Gasteiger partial charge in [-0.2, -0.15) is 0 Å². The van der Waals surface area contributed by atoms with Crippen LogP contribution in [-0.2, 0) is 29.9 Å². The summed E-state index contributed by atoms with van der Waals surface area (Å²) in [5.74, 6) is -1.10. The Labute approximate surface area is 192 Å². The van der Waals surface area contributed by atoms with Crippen molar-refractivity contribution in [3.63, 3.8) is 0 Å². The lowest BCUT2D eigenvalue weighted by molar-refractivity contribution is 0.0687. The molecule has 2 aromatic carbocycles. The largest absolute Gasteiger partial charge is 0.477 e. The summed E-state index contributed by atoms with van der Waals surface area (Å²) >= 11 is 0. The smallest absolute Gasteiger partial charge is 0.351 e. The normalized spacial score (nSPS) is 11.0. The maximum atomic E-state index is 12.4. The van der Waals surface area contributed by atoms with Crippen molar-refractivity contribution in [2.45, 2.75) is 24.7 Å². The number of rotatable bonds is 8. The van der Waals surface area contributed by atoms with Crippen molar-refractivity contribution in [2.75, 3.05) is 6.54 Å². The van der Waals surface area contributed by atoms with Crippen LogP contribution in [0.25, 0.3) is 20.8 Å². The molecule has 0 unspecified atom stereocenters. The van der Waals surface area contributed by atoms with E-state index in [2.05, 4.69) is 14.4 Å². The number of benzene rings is 2. The lowest BCUT2D eigenvalue weighted by atomic mass is 10.0. The van der Waals surface area contributed by atoms with Crippen molar-refractivity contribution in [3.05, 3.63) is 88.3 Å². The minimum Gasteiger partial charge on any atom is -0.477 e. The number of hydrogen-bond acceptors (Lipinski definition) is 3. The van der Waals surface area contributed by atoms with Gasteiger partial charge in [-0.15, -0.1) is 0 Å². The van der Waals surface area contributed by atoms with E-state index in [-0.39, 0.29) is 17.1 Å². The van der Waals surface area contributed by atoms with Gasteiger partial charge >= 0.3 is 5.97 Å². The molecule has 0 spiro atoms. The van der Waals surface area contributed by atoms with Crippen LogP contribution < -0.4 is 4.72 Å². The van der Waals surface area contributed by atoms with Gasteiger partial charge in [-0.1, -0.05) is 55.5 Å². The van der Waals surface area contributed by atoms with E-state index in [1.54, 1.807) is 35.9 Å². The maximum absolute atomic E-state index is 12.4. The number of hydrogen-bond donors (Lipinski definition) is 2. The van der Waals surface area contributed by atoms with Crippen LogP contribution in [-0.4, -0.2) is 30.6 Å². The minimum atomic E-state index is -3.69. The Balaban J connectivity index is 1.77. The topological polar surface area (TPSA) is 97.1 Å². The Kier molecular flexibility index (Phi) is 6.98. The molecule has 0 atom stereocenters. The molecule has 1 heterocycles. The zero-order chi connectivity index (χ0) is 24.2. The number of carbonyl (C=O) groups is 1. The number of carboxylic acids is 1. The predicted molar refractivity (Wildman–Crippen MR) is 125 cm³/mol. The summed E-state index contributed by atoms with van der Waals surface area (Å²) in [6.07, 6.45) is 0.962. The van der Waals surface area contributed by atoms with E-state index < -0.39 is 16.0 Å². The van der Waals surface area contributed by atoms with Crippen LogP contribution in [0, 0.1) is 13.1 Å². The van der Waals surface area contributed by atoms with E-state index >= 15 is 0 Å². The number of sulfonamides is 1. The molecule has 0 aliphatic heterocycles. The van der Waals surface area contributed by atoms with Crippen molar-refractivity contribution in [2.24, 2.45) is 7.05 Å². The highest BCUT2D eigenvalue weighted by Crippen LogP contribution is 2.39. The second kappa shape index (κ2) is 9.70. The molecule has 9 heteroatoms. The van der Waals surface area contributed by atoms with Crippen LogP contribution in [0.4, 0.5) is 11.4 Å². The lowest BCUT2D eigenvalue weighted by Gasteiger charge is -2.08. The maximum Gasteiger partial charge on any atom is 0.351 e. The van der Waals surface area contributed by atoms with Crippen LogP contribution in [0.3, 0.4) is 0 Å². The number of carboxylic acid groups (broad SMARTS) is 1. The molecule has 2 N–H and O–H groups in total. The van der Waals surface area contributed by atoms with Crippen LogP contribution in [0.1, 0.15) is 28.7 Å². The standard InChI is InChI=1S/C24H22N4O4S/c1-5-20-22(26-3)21(23(24(29)30)28(20)4)17-8-6-16(7-9-17)14-15-27-33(31,32)19-12-10-18(25-2)11-13-19/h6-13,27H,5,14-15H2,1,4H3,(H,29,30). The summed E-state index contributed by atoms with van der Waals surface area (Å²) < 4.78 is 28.9. The molecule has 8 nitrogen and oxygen atoms in total. The van der Waals surface area contributed by atoms with Gasteiger partial charge in [0.1, 0.15) is 5.69 Å². The van der Waals surface area contributed by atoms with Crippen molar-refractivity contribution < 1.29 is 18.3 Å². The Bertz CT molecular complexity index is 1370. The molecular formula is C24H22N4O4S. The van der Waals surface area contributed by atoms with Crippen molar-refractivity contribution in [3.8, 4) is 11.1 Å². The van der Waals surface area contributed by atoms with E-state index in [0.717, 1.165) is 5.56 Å². The molecule has 0 fully saturated rings. The molecule has 3 rings (SSSR count). The first kappa shape index (κ1) is 23.7. The molecular weight excluding hydrogens is 440 g/mol. The van der Waals surface area contributed by atoms with E-state index in [1.807, 2.05) is 6.92 Å². The summed E-state index contributed by atoms with van der Waals surface area (Å²) in [5, 5.41) is 9.70. The first-order valence-electron chi connectivity index (χ1n) is 10.1. The third kappa shape index (κ3) is 4.80. The summed E-state index contributed by atoms with van der Waals surface area (Å²) in [6, 6.07) is 12.8. The van der Waals surface area contributed by atoms with Crippen LogP contribution in [0.2, 0.25) is 0 Å². The fourth-order valence-corrected chi connectivity index (χ4v) is 4.75. The van der Waals surface area contributed by atoms with Gasteiger partial charge in [0.25, 0.3) is 0 Å². The second-order valence-electron chi connectivity index (χ2n) is 7.30. The lowest BCUT2D eigenvalue weighted by Crippen LogP contribution is -2.25. The minimum absolute atomic E-state index is 0.0718. The van der Waals surface area contributed by atoms with E-state index in [1.165, 1.54) is 24.3 Å². The zero-order valence-corrected chi connectivity index (χ0v) is 19.0. The van der Waals surface area contributed by atoms with Gasteiger partial charge in [0.05, 0.1) is 18.0 Å². The molecule has 0 aliphatic rings. The number of nitrogens with one attached hydrogen (secondary N) is 1. The Morgan fingerprint density at radius 3 is 2.21 bits per heavy atom. The van der Waals surface area contributed by atoms with Gasteiger partial charge < -0.3 is 9.67 Å². The molecule has 0 bridgehead atoms. The van der Waals surface area contributed by atoms with Crippen molar-refractivity contribution in [1.82, 2.24) is 9.29 Å². The molecule has 33 heavy (non-hydrogen) atoms. The van der Waals surface area contributed by atoms with Gasteiger partial charge in [-0.3, -0.25) is 0 Å². The molecule has 168 valence electrons. The average Bonchev–Trinajstić information content (AvgIpc) is 3.10. The summed E-state index contributed by atoms with van der Waals surface area (Å²) in [5.41, 5.74) is 3.32. The Morgan fingerprint density at radius 2 is 1.70 bits per heavy atom. The van der Waals surface area contributed by atoms with Gasteiger partial charge in [0, 0.05) is 24.8 Å². The second-order valence-corrected chi connectivity index (χ2v) is 9.07. The van der Waals surface area contributed by atoms with Gasteiger partial charge in [-0.05, 0) is 24.0 Å². The number of aromatic nitrogens is 1. The van der Waals surface area contributed by atoms with E-state index in [4.69, 9.17) is 13.1 Å². The molecule has 0 saturated carbocycles. The summed E-state index contributed by atoms with van der Waals surface area (Å²) in [7, 11) is -2.04. The molecule has 1 aromatic heterocycles. The molecule has 3 aromatic rings. The Morgan fingerprint density at radius 1 is 1.06 bits per heavy atom. The average molecular weight is 463 g/mol. The van der Waals surface area contributed by atoms with E-state index in [0.29, 0.717) is 41.0 Å². The zero-order valence-electron chi connectivity index (χ0n) is 18.2. The third-order valence-corrected chi connectivity index (χ3v) is 6.84. The summed E-state index contributed by atoms with van der Waals surface area (Å²) in [6.45, 7) is 16.5. The quantitative estimate of drug-likeness (QED) is 0.479. The Hall–Kier alpha value is -3.92. The fourth-order valence-electron chi connectivity index (χ4n) is 3.72. The third-order valence-electron chi connectivity index (χ3n) is 5.36. The highest BCUT2D eigenvalue weighted by molar-refractivity contribution is 7.89. The monoisotopic (exact) mass is 462 g/mol. The number of aromatic carboxylic acids is 1. The van der Waals surface area contributed by atoms with Gasteiger partial charge in [0.15, 0.2) is 5.69 Å². The first-order valence-corrected chi connectivity index (χ1v) is 11.6. The molecule has 0 radical (unpaired) electrons. The highest BCUT2D eigenvalue weighted by Gasteiger charge is 2.25. The predicted octanol–water partition coefficient (Wildman–Crippen LogP) is 4.58. The fraction of sp³-hybridized carbons (Fsp3) is 0.208. The number of nitrogens with zero attached hydrogens (tertiary/aromatic N) is 3. The molecule has 0 aliphatic carbocycles. The van der Waals surface area contributed by atoms with Gasteiger partial charge in [0.2, 0.25) is 15.7 Å². The summed E-state index contributed by atoms with van der Waals surface area (Å²) in [4.78, 5) is 18.8. The molecule has 0 amide bonds. The van der Waals surface area contributed by atoms with Crippen LogP contribution >= 0.6 is 0 Å². The van der Waals surface area contributed by atoms with Crippen molar-refractivity contribution in [1.29, 1.82) is 0 Å². The van der Waals surface area contributed by atoms with Gasteiger partial charge in [-0.25, -0.2) is 27.6 Å². The first-order chi connectivity index (χ1) is 15.7. The van der Waals surface area contributed by atoms with E-state index in [9.17, 15) is 18.3 Å². The highest BCUT2D eigenvalue weighted by atomic mass is 32.2. The molecule has 0 saturated heterocycles. The SMILES string of the molecule is [C-]#[N+]c1ccc(S(=O)(=O)NCCc2ccc(-c3c([N+]#[C-])c(CC)n(C)c3C(=O)O)cc2)cc1. The van der Waals surface area contributed by atoms with Crippen LogP contribution in [0.15, 0.2) is 53.4 Å².